The van der Waals surface area contributed by atoms with Gasteiger partial charge >= 0.3 is 5.97 Å². The number of ether oxygens (including phenoxy) is 1. The summed E-state index contributed by atoms with van der Waals surface area (Å²) in [6, 6.07) is 0. The van der Waals surface area contributed by atoms with Crippen molar-refractivity contribution >= 4 is 5.97 Å². The Labute approximate surface area is 91.3 Å². The first kappa shape index (κ1) is 14.1. The smallest absolute Gasteiger partial charge is 0.331 e. The predicted molar refractivity (Wildman–Crippen MR) is 60.0 cm³/mol. The van der Waals surface area contributed by atoms with E-state index < -0.39 is 5.97 Å². The highest BCUT2D eigenvalue weighted by molar-refractivity contribution is 5.86. The maximum atomic E-state index is 10.7. The molecule has 0 aliphatic rings. The van der Waals surface area contributed by atoms with Crippen molar-refractivity contribution in [2.75, 3.05) is 20.2 Å². The molecule has 0 aromatic heterocycles. The number of rotatable bonds is 7. The van der Waals surface area contributed by atoms with Gasteiger partial charge in [0.25, 0.3) is 0 Å². The van der Waals surface area contributed by atoms with E-state index in [1.165, 1.54) is 0 Å². The van der Waals surface area contributed by atoms with E-state index in [1.54, 1.807) is 13.2 Å². The van der Waals surface area contributed by atoms with Gasteiger partial charge in [-0.2, -0.15) is 0 Å². The first-order valence-electron chi connectivity index (χ1n) is 5.11. The van der Waals surface area contributed by atoms with E-state index >= 15 is 0 Å². The van der Waals surface area contributed by atoms with Crippen LogP contribution in [0.5, 0.6) is 0 Å². The minimum Gasteiger partial charge on any atom is -0.478 e. The first-order chi connectivity index (χ1) is 6.93. The highest BCUT2D eigenvalue weighted by Gasteiger charge is 2.14. The lowest BCUT2D eigenvalue weighted by Gasteiger charge is -2.22. The fraction of sp³-hybridized carbons (Fsp3) is 0.727. The Balaban J connectivity index is 3.92. The van der Waals surface area contributed by atoms with Gasteiger partial charge in [0.2, 0.25) is 0 Å². The zero-order chi connectivity index (χ0) is 11.9. The fourth-order valence-electron chi connectivity index (χ4n) is 1.02. The van der Waals surface area contributed by atoms with Crippen LogP contribution in [-0.4, -0.2) is 36.9 Å². The standard InChI is InChI=1S/C11H21NO3/c1-5-9(10(13)14)6-7-12-8-11(2,3)15-4/h6,12H,5,7-8H2,1-4H3,(H,13,14). The molecule has 88 valence electrons. The second kappa shape index (κ2) is 6.58. The molecule has 0 aromatic carbocycles. The molecule has 4 heteroatoms. The monoisotopic (exact) mass is 215 g/mol. The molecule has 0 amide bonds. The Hall–Kier alpha value is -0.870. The molecular weight excluding hydrogens is 194 g/mol. The molecule has 0 aliphatic carbocycles. The normalized spacial score (nSPS) is 12.9. The highest BCUT2D eigenvalue weighted by Crippen LogP contribution is 2.04. The number of carboxylic acids is 1. The van der Waals surface area contributed by atoms with E-state index in [1.807, 2.05) is 20.8 Å². The van der Waals surface area contributed by atoms with E-state index in [9.17, 15) is 4.79 Å². The lowest BCUT2D eigenvalue weighted by atomic mass is 10.1. The van der Waals surface area contributed by atoms with Crippen molar-refractivity contribution < 1.29 is 14.6 Å². The number of carboxylic acid groups (broad SMARTS) is 1. The topological polar surface area (TPSA) is 58.6 Å². The van der Waals surface area contributed by atoms with Gasteiger partial charge in [-0.15, -0.1) is 0 Å². The number of nitrogens with one attached hydrogen (secondary N) is 1. The molecule has 0 saturated heterocycles. The quantitative estimate of drug-likeness (QED) is 0.498. The zero-order valence-electron chi connectivity index (χ0n) is 9.96. The van der Waals surface area contributed by atoms with E-state index in [4.69, 9.17) is 9.84 Å². The van der Waals surface area contributed by atoms with Crippen molar-refractivity contribution in [2.24, 2.45) is 0 Å². The summed E-state index contributed by atoms with van der Waals surface area (Å²) in [5.74, 6) is -0.842. The molecule has 0 unspecified atom stereocenters. The van der Waals surface area contributed by atoms with Gasteiger partial charge in [-0.05, 0) is 20.3 Å². The Morgan fingerprint density at radius 2 is 2.13 bits per heavy atom. The van der Waals surface area contributed by atoms with Gasteiger partial charge in [0, 0.05) is 25.8 Å². The van der Waals surface area contributed by atoms with Gasteiger partial charge in [-0.1, -0.05) is 13.0 Å². The molecule has 0 fully saturated rings. The zero-order valence-corrected chi connectivity index (χ0v) is 9.96. The van der Waals surface area contributed by atoms with E-state index in [0.717, 1.165) is 0 Å². The summed E-state index contributed by atoms with van der Waals surface area (Å²) in [5, 5.41) is 11.9. The van der Waals surface area contributed by atoms with Crippen LogP contribution in [0.3, 0.4) is 0 Å². The molecular formula is C11H21NO3. The van der Waals surface area contributed by atoms with Crippen LogP contribution < -0.4 is 5.32 Å². The Kier molecular flexibility index (Phi) is 6.20. The van der Waals surface area contributed by atoms with Crippen LogP contribution in [0.1, 0.15) is 27.2 Å². The largest absolute Gasteiger partial charge is 0.478 e. The number of hydrogen-bond donors (Lipinski definition) is 2. The Bertz CT molecular complexity index is 234. The molecule has 0 aliphatic heterocycles. The predicted octanol–water partition coefficient (Wildman–Crippen LogP) is 1.42. The highest BCUT2D eigenvalue weighted by atomic mass is 16.5. The van der Waals surface area contributed by atoms with Crippen molar-refractivity contribution in [1.82, 2.24) is 5.32 Å². The van der Waals surface area contributed by atoms with Crippen LogP contribution in [0.2, 0.25) is 0 Å². The van der Waals surface area contributed by atoms with Crippen LogP contribution in [-0.2, 0) is 9.53 Å². The number of aliphatic carboxylic acids is 1. The summed E-state index contributed by atoms with van der Waals surface area (Å²) in [6.45, 7) is 7.03. The first-order valence-corrected chi connectivity index (χ1v) is 5.11. The summed E-state index contributed by atoms with van der Waals surface area (Å²) in [7, 11) is 1.66. The van der Waals surface area contributed by atoms with Crippen molar-refractivity contribution in [3.63, 3.8) is 0 Å². The molecule has 4 nitrogen and oxygen atoms in total. The van der Waals surface area contributed by atoms with Crippen LogP contribution >= 0.6 is 0 Å². The van der Waals surface area contributed by atoms with Crippen molar-refractivity contribution in [2.45, 2.75) is 32.8 Å². The third kappa shape index (κ3) is 6.25. The van der Waals surface area contributed by atoms with Crippen LogP contribution in [0.4, 0.5) is 0 Å². The summed E-state index contributed by atoms with van der Waals surface area (Å²) >= 11 is 0. The third-order valence-electron chi connectivity index (χ3n) is 2.25. The maximum absolute atomic E-state index is 10.7. The molecule has 0 saturated carbocycles. The SMILES string of the molecule is CCC(=CCNCC(C)(C)OC)C(=O)O. The molecule has 0 aromatic rings. The van der Waals surface area contributed by atoms with Crippen LogP contribution in [0, 0.1) is 0 Å². The molecule has 0 radical (unpaired) electrons. The van der Waals surface area contributed by atoms with Crippen molar-refractivity contribution in [3.05, 3.63) is 11.6 Å². The second-order valence-electron chi connectivity index (χ2n) is 3.98. The minimum absolute atomic E-state index is 0.219. The molecule has 2 N–H and O–H groups in total. The third-order valence-corrected chi connectivity index (χ3v) is 2.25. The van der Waals surface area contributed by atoms with Crippen LogP contribution in [0.25, 0.3) is 0 Å². The number of carbonyl (C=O) groups is 1. The van der Waals surface area contributed by atoms with E-state index in [2.05, 4.69) is 5.32 Å². The average Bonchev–Trinajstić information content (AvgIpc) is 2.17. The van der Waals surface area contributed by atoms with Crippen molar-refractivity contribution in [1.29, 1.82) is 0 Å². The lowest BCUT2D eigenvalue weighted by Crippen LogP contribution is -2.36. The van der Waals surface area contributed by atoms with E-state index in [0.29, 0.717) is 25.1 Å². The van der Waals surface area contributed by atoms with Crippen LogP contribution in [0.15, 0.2) is 11.6 Å². The lowest BCUT2D eigenvalue weighted by molar-refractivity contribution is -0.132. The Morgan fingerprint density at radius 1 is 1.53 bits per heavy atom. The average molecular weight is 215 g/mol. The second-order valence-corrected chi connectivity index (χ2v) is 3.98. The minimum atomic E-state index is -0.842. The molecule has 15 heavy (non-hydrogen) atoms. The summed E-state index contributed by atoms with van der Waals surface area (Å²) in [6.07, 6.45) is 2.25. The molecule has 0 atom stereocenters. The van der Waals surface area contributed by atoms with Gasteiger partial charge in [-0.3, -0.25) is 0 Å². The Morgan fingerprint density at radius 3 is 2.53 bits per heavy atom. The van der Waals surface area contributed by atoms with E-state index in [-0.39, 0.29) is 5.60 Å². The van der Waals surface area contributed by atoms with Gasteiger partial charge in [0.15, 0.2) is 0 Å². The fourth-order valence-corrected chi connectivity index (χ4v) is 1.02. The van der Waals surface area contributed by atoms with Gasteiger partial charge in [0.05, 0.1) is 5.60 Å². The van der Waals surface area contributed by atoms with Crippen molar-refractivity contribution in [3.8, 4) is 0 Å². The number of methoxy groups -OCH3 is 1. The molecule has 0 spiro atoms. The summed E-state index contributed by atoms with van der Waals surface area (Å²) < 4.78 is 5.22. The summed E-state index contributed by atoms with van der Waals surface area (Å²) in [4.78, 5) is 10.7. The van der Waals surface area contributed by atoms with Gasteiger partial charge in [-0.25, -0.2) is 4.79 Å². The maximum Gasteiger partial charge on any atom is 0.331 e. The number of hydrogen-bond acceptors (Lipinski definition) is 3. The van der Waals surface area contributed by atoms with Gasteiger partial charge in [0.1, 0.15) is 0 Å². The summed E-state index contributed by atoms with van der Waals surface area (Å²) in [5.41, 5.74) is 0.224. The molecule has 0 heterocycles. The van der Waals surface area contributed by atoms with Gasteiger partial charge < -0.3 is 15.2 Å². The molecule has 0 rings (SSSR count). The molecule has 0 bridgehead atoms.